The lowest BCUT2D eigenvalue weighted by atomic mass is 10.0. The standard InChI is InChI=1S/C35H26ClN7O4S3/c1-3-41-31(21-9-7-10-23(36)17-21)39-40-35(41)49-26-15-14-25(43(46)47)18-22(26)19-28-33(45)42-30(27-13-8-16-48-27)29(20(2)37-34(42)50-28)32(44)38-24-11-5-4-6-12-24/h4-19,30H,3H2,1-2H3,(H,38,44)/b28-19+/t30-/m1/s1. The van der Waals surface area contributed by atoms with Crippen molar-refractivity contribution >= 4 is 69.4 Å². The minimum Gasteiger partial charge on any atom is -0.322 e. The Kier molecular flexibility index (Phi) is 9.33. The van der Waals surface area contributed by atoms with Crippen LogP contribution in [0.15, 0.2) is 121 Å². The highest BCUT2D eigenvalue weighted by atomic mass is 35.5. The smallest absolute Gasteiger partial charge is 0.271 e. The van der Waals surface area contributed by atoms with Gasteiger partial charge < -0.3 is 9.88 Å². The van der Waals surface area contributed by atoms with Gasteiger partial charge in [-0.1, -0.05) is 59.3 Å². The fraction of sp³-hybridized carbons (Fsp3) is 0.114. The average molecular weight is 740 g/mol. The van der Waals surface area contributed by atoms with Gasteiger partial charge in [0.15, 0.2) is 15.8 Å². The van der Waals surface area contributed by atoms with Crippen molar-refractivity contribution in [3.8, 4) is 11.4 Å². The molecule has 0 bridgehead atoms. The van der Waals surface area contributed by atoms with E-state index in [-0.39, 0.29) is 17.2 Å². The number of thiophene rings is 1. The minimum atomic E-state index is -0.718. The SMILES string of the molecule is CCn1c(Sc2ccc([N+](=O)[O-])cc2/C=c2/sc3n(c2=O)[C@H](c2cccs2)C(C(=O)Nc2ccccc2)=C(C)N=3)nnc1-c1cccc(Cl)c1. The first kappa shape index (κ1) is 33.4. The Labute approximate surface area is 302 Å². The number of para-hydroxylation sites is 1. The van der Waals surface area contributed by atoms with E-state index in [1.807, 2.05) is 65.4 Å². The van der Waals surface area contributed by atoms with E-state index in [1.165, 1.54) is 39.8 Å². The number of hydrogen-bond donors (Lipinski definition) is 1. The van der Waals surface area contributed by atoms with Gasteiger partial charge in [0, 0.05) is 44.7 Å². The van der Waals surface area contributed by atoms with Crippen LogP contribution in [0.25, 0.3) is 17.5 Å². The Morgan fingerprint density at radius 1 is 1.08 bits per heavy atom. The van der Waals surface area contributed by atoms with Crippen molar-refractivity contribution in [3.63, 3.8) is 0 Å². The maximum atomic E-state index is 14.3. The summed E-state index contributed by atoms with van der Waals surface area (Å²) in [5.41, 5.74) is 2.23. The van der Waals surface area contributed by atoms with Crippen LogP contribution in [0, 0.1) is 10.1 Å². The number of fused-ring (bicyclic) bond motifs is 1. The van der Waals surface area contributed by atoms with Crippen LogP contribution in [0.2, 0.25) is 5.02 Å². The van der Waals surface area contributed by atoms with E-state index in [2.05, 4.69) is 15.5 Å². The first-order chi connectivity index (χ1) is 24.2. The number of non-ortho nitro benzene ring substituents is 1. The van der Waals surface area contributed by atoms with Crippen molar-refractivity contribution in [3.05, 3.63) is 147 Å². The van der Waals surface area contributed by atoms with Gasteiger partial charge in [0.1, 0.15) is 6.04 Å². The highest BCUT2D eigenvalue weighted by Gasteiger charge is 2.33. The quantitative estimate of drug-likeness (QED) is 0.125. The van der Waals surface area contributed by atoms with Gasteiger partial charge in [-0.3, -0.25) is 24.3 Å². The first-order valence-corrected chi connectivity index (χ1v) is 18.2. The van der Waals surface area contributed by atoms with Gasteiger partial charge in [0.25, 0.3) is 17.2 Å². The van der Waals surface area contributed by atoms with Gasteiger partial charge in [0.2, 0.25) is 0 Å². The number of nitro groups is 1. The monoisotopic (exact) mass is 739 g/mol. The Morgan fingerprint density at radius 2 is 1.90 bits per heavy atom. The molecule has 0 spiro atoms. The molecule has 3 aromatic carbocycles. The number of halogens is 1. The molecule has 15 heteroatoms. The Morgan fingerprint density at radius 3 is 2.62 bits per heavy atom. The van der Waals surface area contributed by atoms with Crippen molar-refractivity contribution in [2.75, 3.05) is 5.32 Å². The molecule has 1 N–H and O–H groups in total. The van der Waals surface area contributed by atoms with E-state index < -0.39 is 11.0 Å². The van der Waals surface area contributed by atoms with Crippen molar-refractivity contribution in [1.29, 1.82) is 0 Å². The maximum absolute atomic E-state index is 14.3. The number of anilines is 1. The number of carbonyl (C=O) groups is 1. The van der Waals surface area contributed by atoms with Crippen LogP contribution in [0.1, 0.15) is 30.3 Å². The second-order valence-corrected chi connectivity index (χ2v) is 14.5. The third-order valence-corrected chi connectivity index (χ3v) is 11.1. The number of nitrogens with one attached hydrogen (secondary N) is 1. The van der Waals surface area contributed by atoms with Crippen LogP contribution in [0.3, 0.4) is 0 Å². The molecule has 7 rings (SSSR count). The molecule has 0 fully saturated rings. The molecule has 0 saturated carbocycles. The molecular weight excluding hydrogens is 714 g/mol. The fourth-order valence-electron chi connectivity index (χ4n) is 5.63. The van der Waals surface area contributed by atoms with Crippen molar-refractivity contribution in [2.24, 2.45) is 4.99 Å². The lowest BCUT2D eigenvalue weighted by Crippen LogP contribution is -2.40. The number of amides is 1. The van der Waals surface area contributed by atoms with Crippen LogP contribution >= 0.6 is 46.0 Å². The molecule has 4 heterocycles. The summed E-state index contributed by atoms with van der Waals surface area (Å²) in [6, 6.07) is 24.0. The van der Waals surface area contributed by atoms with E-state index in [4.69, 9.17) is 16.6 Å². The molecule has 1 aliphatic heterocycles. The van der Waals surface area contributed by atoms with E-state index >= 15 is 0 Å². The van der Waals surface area contributed by atoms with Crippen LogP contribution in [0.4, 0.5) is 11.4 Å². The highest BCUT2D eigenvalue weighted by Crippen LogP contribution is 2.35. The first-order valence-electron chi connectivity index (χ1n) is 15.3. The predicted octanol–water partition coefficient (Wildman–Crippen LogP) is 6.93. The van der Waals surface area contributed by atoms with Gasteiger partial charge in [-0.25, -0.2) is 4.99 Å². The molecule has 1 atom stereocenters. The summed E-state index contributed by atoms with van der Waals surface area (Å²) < 4.78 is 3.77. The number of nitrogens with zero attached hydrogens (tertiary/aromatic N) is 6. The van der Waals surface area contributed by atoms with E-state index in [0.29, 0.717) is 59.3 Å². The molecule has 3 aromatic heterocycles. The van der Waals surface area contributed by atoms with E-state index in [0.717, 1.165) is 21.8 Å². The van der Waals surface area contributed by atoms with Crippen LogP contribution in [-0.4, -0.2) is 30.2 Å². The summed E-state index contributed by atoms with van der Waals surface area (Å²) in [6.07, 6.45) is 1.64. The number of rotatable bonds is 9. The zero-order valence-corrected chi connectivity index (χ0v) is 29.6. The molecule has 11 nitrogen and oxygen atoms in total. The van der Waals surface area contributed by atoms with Gasteiger partial charge >= 0.3 is 0 Å². The lowest BCUT2D eigenvalue weighted by molar-refractivity contribution is -0.384. The van der Waals surface area contributed by atoms with Crippen molar-refractivity contribution < 1.29 is 9.72 Å². The summed E-state index contributed by atoms with van der Waals surface area (Å²) in [7, 11) is 0. The molecule has 0 aliphatic carbocycles. The molecule has 0 radical (unpaired) electrons. The normalized spacial score (nSPS) is 14.4. The zero-order chi connectivity index (χ0) is 34.9. The van der Waals surface area contributed by atoms with Gasteiger partial charge in [-0.15, -0.1) is 21.5 Å². The number of hydrogen-bond acceptors (Lipinski definition) is 10. The second-order valence-electron chi connectivity index (χ2n) is 11.1. The van der Waals surface area contributed by atoms with Gasteiger partial charge in [-0.05, 0) is 79.0 Å². The summed E-state index contributed by atoms with van der Waals surface area (Å²) in [5.74, 6) is 0.269. The Bertz CT molecular complexity index is 2490. The number of thiazole rings is 1. The Balaban J connectivity index is 1.33. The zero-order valence-electron chi connectivity index (χ0n) is 26.4. The average Bonchev–Trinajstić information content (AvgIpc) is 3.85. The molecule has 1 amide bonds. The van der Waals surface area contributed by atoms with Crippen molar-refractivity contribution in [1.82, 2.24) is 19.3 Å². The number of benzene rings is 3. The molecular formula is C35H26ClN7O4S3. The van der Waals surface area contributed by atoms with E-state index in [1.54, 1.807) is 37.3 Å². The Hall–Kier alpha value is -5.15. The fourth-order valence-corrected chi connectivity index (χ4v) is 8.66. The molecule has 1 aliphatic rings. The second kappa shape index (κ2) is 14.0. The third-order valence-electron chi connectivity index (χ3n) is 7.92. The predicted molar refractivity (Wildman–Crippen MR) is 197 cm³/mol. The summed E-state index contributed by atoms with van der Waals surface area (Å²) in [5, 5.41) is 26.7. The lowest BCUT2D eigenvalue weighted by Gasteiger charge is -2.24. The highest BCUT2D eigenvalue weighted by molar-refractivity contribution is 7.99. The third kappa shape index (κ3) is 6.45. The molecule has 0 unspecified atom stereocenters. The van der Waals surface area contributed by atoms with Crippen LogP contribution in [-0.2, 0) is 11.3 Å². The van der Waals surface area contributed by atoms with E-state index in [9.17, 15) is 19.7 Å². The topological polar surface area (TPSA) is 137 Å². The minimum absolute atomic E-state index is 0.128. The number of allylic oxidation sites excluding steroid dienone is 1. The van der Waals surface area contributed by atoms with Gasteiger partial charge in [-0.2, -0.15) is 0 Å². The molecule has 250 valence electrons. The molecule has 50 heavy (non-hydrogen) atoms. The molecule has 6 aromatic rings. The number of nitro benzene ring substituents is 1. The largest absolute Gasteiger partial charge is 0.322 e. The summed E-state index contributed by atoms with van der Waals surface area (Å²) in [6.45, 7) is 4.29. The van der Waals surface area contributed by atoms with Crippen LogP contribution < -0.4 is 20.2 Å². The molecule has 0 saturated heterocycles. The number of carbonyl (C=O) groups excluding carboxylic acids is 1. The maximum Gasteiger partial charge on any atom is 0.271 e. The number of aromatic nitrogens is 4. The summed E-state index contributed by atoms with van der Waals surface area (Å²) >= 11 is 10.1. The van der Waals surface area contributed by atoms with Crippen molar-refractivity contribution in [2.45, 2.75) is 36.5 Å². The van der Waals surface area contributed by atoms with Crippen LogP contribution in [0.5, 0.6) is 0 Å². The summed E-state index contributed by atoms with van der Waals surface area (Å²) in [4.78, 5) is 46.0. The van der Waals surface area contributed by atoms with Gasteiger partial charge in [0.05, 0.1) is 20.7 Å².